The van der Waals surface area contributed by atoms with Crippen LogP contribution in [0.5, 0.6) is 0 Å². The second-order valence-corrected chi connectivity index (χ2v) is 7.53. The minimum Gasteiger partial charge on any atom is -0.549 e. The van der Waals surface area contributed by atoms with Crippen molar-refractivity contribution in [1.29, 1.82) is 0 Å². The monoisotopic (exact) mass is 337 g/mol. The molecule has 0 bridgehead atoms. The molecule has 1 rings (SSSR count). The number of nitrogens with zero attached hydrogens (tertiary/aromatic N) is 1. The first-order valence-electron chi connectivity index (χ1n) is 9.75. The van der Waals surface area contributed by atoms with Crippen LogP contribution in [0.1, 0.15) is 67.2 Å². The van der Waals surface area contributed by atoms with Crippen LogP contribution in [-0.2, 0) is 9.39 Å². The van der Waals surface area contributed by atoms with Gasteiger partial charge in [0.15, 0.2) is 5.88 Å². The summed E-state index contributed by atoms with van der Waals surface area (Å²) >= 11 is 0. The summed E-state index contributed by atoms with van der Waals surface area (Å²) in [5.41, 5.74) is 0. The Kier molecular flexibility index (Phi) is 9.31. The van der Waals surface area contributed by atoms with Crippen molar-refractivity contribution in [3.8, 4) is 0 Å². The van der Waals surface area contributed by atoms with Crippen molar-refractivity contribution in [2.45, 2.75) is 85.9 Å². The van der Waals surface area contributed by atoms with Gasteiger partial charge in [0.1, 0.15) is 6.61 Å². The molecule has 1 aliphatic rings. The summed E-state index contributed by atoms with van der Waals surface area (Å²) in [7, 11) is 0. The van der Waals surface area contributed by atoms with E-state index in [9.17, 15) is 4.79 Å². The van der Waals surface area contributed by atoms with Gasteiger partial charge in [-0.25, -0.2) is 9.69 Å². The fourth-order valence-corrected chi connectivity index (χ4v) is 2.94. The summed E-state index contributed by atoms with van der Waals surface area (Å²) in [5.74, 6) is 1.35. The minimum absolute atomic E-state index is 0.0560. The highest BCUT2D eigenvalue weighted by Crippen LogP contribution is 2.27. The van der Waals surface area contributed by atoms with Crippen molar-refractivity contribution >= 4 is 13.0 Å². The minimum atomic E-state index is -0.273. The van der Waals surface area contributed by atoms with E-state index < -0.39 is 0 Å². The van der Waals surface area contributed by atoms with Crippen molar-refractivity contribution in [3.63, 3.8) is 0 Å². The Hall–Kier alpha value is -1.13. The number of amides is 1. The average molecular weight is 337 g/mol. The lowest BCUT2D eigenvalue weighted by atomic mass is 9.59. The molecule has 1 atom stereocenters. The molecule has 0 aromatic heterocycles. The number of unbranched alkanes of at least 4 members (excludes halogenated alkanes) is 2. The number of ether oxygens (including phenoxy) is 1. The Morgan fingerprint density at radius 2 is 1.83 bits per heavy atom. The maximum absolute atomic E-state index is 12.3. The van der Waals surface area contributed by atoms with E-state index in [4.69, 9.17) is 9.39 Å². The second kappa shape index (κ2) is 10.7. The Morgan fingerprint density at radius 3 is 2.29 bits per heavy atom. The third-order valence-electron chi connectivity index (χ3n) is 4.44. The maximum atomic E-state index is 12.3. The van der Waals surface area contributed by atoms with Crippen LogP contribution in [0.2, 0.25) is 12.6 Å². The highest BCUT2D eigenvalue weighted by molar-refractivity contribution is 6.52. The molecule has 0 spiro atoms. The first-order valence-corrected chi connectivity index (χ1v) is 9.75. The van der Waals surface area contributed by atoms with Crippen molar-refractivity contribution in [1.82, 2.24) is 4.90 Å². The zero-order chi connectivity index (χ0) is 18.1. The van der Waals surface area contributed by atoms with E-state index in [1.807, 2.05) is 0 Å². The summed E-state index contributed by atoms with van der Waals surface area (Å²) in [6.07, 6.45) is 8.51. The van der Waals surface area contributed by atoms with Crippen molar-refractivity contribution in [2.24, 2.45) is 11.8 Å². The molecular formula is C19H36BNO3. The first-order chi connectivity index (χ1) is 11.4. The molecule has 5 heteroatoms. The van der Waals surface area contributed by atoms with Crippen LogP contribution in [-0.4, -0.2) is 30.6 Å². The Labute approximate surface area is 149 Å². The zero-order valence-corrected chi connectivity index (χ0v) is 16.5. The molecule has 0 radical (unpaired) electrons. The summed E-state index contributed by atoms with van der Waals surface area (Å²) in [4.78, 5) is 14.1. The molecule has 1 saturated heterocycles. The molecule has 0 aliphatic carbocycles. The normalized spacial score (nSPS) is 18.5. The highest BCUT2D eigenvalue weighted by atomic mass is 16.6. The van der Waals surface area contributed by atoms with E-state index in [-0.39, 0.29) is 19.1 Å². The summed E-state index contributed by atoms with van der Waals surface area (Å²) < 4.78 is 11.7. The SMILES string of the molecule is CCCCB(CCCC)O/C(=C/C(C)C)N1C(=O)OCC1C(C)C. The average Bonchev–Trinajstić information content (AvgIpc) is 2.90. The Morgan fingerprint density at radius 1 is 1.25 bits per heavy atom. The molecular weight excluding hydrogens is 301 g/mol. The van der Waals surface area contributed by atoms with Crippen LogP contribution in [0.4, 0.5) is 4.79 Å². The molecule has 1 amide bonds. The topological polar surface area (TPSA) is 38.8 Å². The van der Waals surface area contributed by atoms with Gasteiger partial charge in [-0.3, -0.25) is 0 Å². The van der Waals surface area contributed by atoms with Crippen molar-refractivity contribution in [3.05, 3.63) is 12.0 Å². The molecule has 0 aromatic carbocycles. The van der Waals surface area contributed by atoms with Crippen LogP contribution in [0, 0.1) is 11.8 Å². The predicted molar refractivity (Wildman–Crippen MR) is 101 cm³/mol. The van der Waals surface area contributed by atoms with Crippen LogP contribution in [0.15, 0.2) is 12.0 Å². The van der Waals surface area contributed by atoms with Gasteiger partial charge >= 0.3 is 13.0 Å². The fraction of sp³-hybridized carbons (Fsp3) is 0.842. The summed E-state index contributed by atoms with van der Waals surface area (Å²) in [6.45, 7) is 13.5. The number of hydrogen-bond donors (Lipinski definition) is 0. The van der Waals surface area contributed by atoms with Crippen LogP contribution in [0.25, 0.3) is 0 Å². The van der Waals surface area contributed by atoms with Crippen molar-refractivity contribution < 1.29 is 14.2 Å². The molecule has 0 saturated carbocycles. The van der Waals surface area contributed by atoms with Crippen LogP contribution < -0.4 is 0 Å². The van der Waals surface area contributed by atoms with Gasteiger partial charge in [-0.1, -0.05) is 67.2 Å². The standard InChI is InChI=1S/C19H36BNO3/c1-7-9-11-20(12-10-8-2)24-18(13-15(3)4)21-17(16(5)6)14-23-19(21)22/h13,15-17H,7-12,14H2,1-6H3/b18-13+. The maximum Gasteiger partial charge on any atom is 0.417 e. The Balaban J connectivity index is 2.95. The van der Waals surface area contributed by atoms with Gasteiger partial charge in [0.25, 0.3) is 0 Å². The summed E-state index contributed by atoms with van der Waals surface area (Å²) in [6, 6.07) is 0.0560. The Bertz CT molecular complexity index is 401. The first kappa shape index (κ1) is 20.9. The number of allylic oxidation sites excluding steroid dienone is 1. The molecule has 1 unspecified atom stereocenters. The lowest BCUT2D eigenvalue weighted by Crippen LogP contribution is -2.39. The lowest BCUT2D eigenvalue weighted by Gasteiger charge is -2.29. The molecule has 0 aromatic rings. The quantitative estimate of drug-likeness (QED) is 0.365. The van der Waals surface area contributed by atoms with E-state index in [1.54, 1.807) is 4.90 Å². The van der Waals surface area contributed by atoms with E-state index in [1.165, 1.54) is 0 Å². The van der Waals surface area contributed by atoms with Gasteiger partial charge in [0.2, 0.25) is 0 Å². The number of hydrogen-bond acceptors (Lipinski definition) is 3. The second-order valence-electron chi connectivity index (χ2n) is 7.53. The third-order valence-corrected chi connectivity index (χ3v) is 4.44. The van der Waals surface area contributed by atoms with Gasteiger partial charge in [-0.15, -0.1) is 0 Å². The smallest absolute Gasteiger partial charge is 0.417 e. The number of carbonyl (C=O) groups excluding carboxylic acids is 1. The molecule has 1 aliphatic heterocycles. The van der Waals surface area contributed by atoms with Gasteiger partial charge in [0.05, 0.1) is 6.04 Å². The summed E-state index contributed by atoms with van der Waals surface area (Å²) in [5, 5.41) is 0. The zero-order valence-electron chi connectivity index (χ0n) is 16.5. The van der Waals surface area contributed by atoms with Gasteiger partial charge in [-0.2, -0.15) is 0 Å². The predicted octanol–water partition coefficient (Wildman–Crippen LogP) is 5.57. The number of rotatable bonds is 11. The van der Waals surface area contributed by atoms with E-state index in [0.29, 0.717) is 24.3 Å². The molecule has 4 nitrogen and oxygen atoms in total. The molecule has 24 heavy (non-hydrogen) atoms. The highest BCUT2D eigenvalue weighted by Gasteiger charge is 2.39. The van der Waals surface area contributed by atoms with Gasteiger partial charge < -0.3 is 9.39 Å². The van der Waals surface area contributed by atoms with E-state index in [2.05, 4.69) is 47.6 Å². The van der Waals surface area contributed by atoms with Crippen molar-refractivity contribution in [2.75, 3.05) is 6.61 Å². The lowest BCUT2D eigenvalue weighted by molar-refractivity contribution is 0.149. The fourth-order valence-electron chi connectivity index (χ4n) is 2.94. The number of carbonyl (C=O) groups is 1. The largest absolute Gasteiger partial charge is 0.549 e. The molecule has 138 valence electrons. The number of cyclic esters (lactones) is 1. The molecule has 1 heterocycles. The third kappa shape index (κ3) is 6.41. The van der Waals surface area contributed by atoms with Gasteiger partial charge in [-0.05, 0) is 30.6 Å². The van der Waals surface area contributed by atoms with E-state index >= 15 is 0 Å². The van der Waals surface area contributed by atoms with Crippen LogP contribution >= 0.6 is 0 Å². The molecule has 0 N–H and O–H groups in total. The van der Waals surface area contributed by atoms with Crippen LogP contribution in [0.3, 0.4) is 0 Å². The molecule has 1 fully saturated rings. The van der Waals surface area contributed by atoms with Gasteiger partial charge in [0, 0.05) is 0 Å². The van der Waals surface area contributed by atoms with E-state index in [0.717, 1.165) is 38.3 Å².